The van der Waals surface area contributed by atoms with Gasteiger partial charge in [-0.2, -0.15) is 0 Å². The van der Waals surface area contributed by atoms with Gasteiger partial charge in [-0.15, -0.1) is 0 Å². The van der Waals surface area contributed by atoms with Gasteiger partial charge in [0, 0.05) is 43.2 Å². The minimum atomic E-state index is -0.352. The summed E-state index contributed by atoms with van der Waals surface area (Å²) in [6.07, 6.45) is 5.51. The summed E-state index contributed by atoms with van der Waals surface area (Å²) in [5.74, 6) is 0.0462. The second-order valence-corrected chi connectivity index (χ2v) is 7.28. The molecule has 4 rings (SSSR count). The molecule has 1 aromatic heterocycles. The van der Waals surface area contributed by atoms with Gasteiger partial charge in [0.25, 0.3) is 0 Å². The zero-order chi connectivity index (χ0) is 17.9. The number of hydrogen-bond acceptors (Lipinski definition) is 3. The Hall–Kier alpha value is -2.34. The highest BCUT2D eigenvalue weighted by molar-refractivity contribution is 5.91. The largest absolute Gasteiger partial charge is 0.361 e. The number of H-pyrrole nitrogens is 1. The molecule has 0 aliphatic carbocycles. The Labute approximate surface area is 153 Å². The Balaban J connectivity index is 1.39. The quantitative estimate of drug-likeness (QED) is 0.832. The van der Waals surface area contributed by atoms with Gasteiger partial charge >= 0.3 is 0 Å². The molecule has 2 aromatic rings. The molecule has 2 aliphatic rings. The predicted molar refractivity (Wildman–Crippen MR) is 101 cm³/mol. The van der Waals surface area contributed by atoms with Crippen molar-refractivity contribution < 1.29 is 9.59 Å². The van der Waals surface area contributed by atoms with Crippen LogP contribution in [0.5, 0.6) is 0 Å². The summed E-state index contributed by atoms with van der Waals surface area (Å²) < 4.78 is 0. The van der Waals surface area contributed by atoms with E-state index in [9.17, 15) is 9.59 Å². The molecule has 1 aromatic carbocycles. The lowest BCUT2D eigenvalue weighted by Gasteiger charge is -2.24. The maximum absolute atomic E-state index is 12.6. The first kappa shape index (κ1) is 17.1. The molecule has 0 radical (unpaired) electrons. The van der Waals surface area contributed by atoms with E-state index in [1.54, 1.807) is 4.90 Å². The average molecular weight is 354 g/mol. The highest BCUT2D eigenvalue weighted by Crippen LogP contribution is 2.25. The summed E-state index contributed by atoms with van der Waals surface area (Å²) in [7, 11) is 0. The fourth-order valence-corrected chi connectivity index (χ4v) is 4.11. The smallest absolute Gasteiger partial charge is 0.242 e. The number of nitrogens with one attached hydrogen (secondary N) is 2. The van der Waals surface area contributed by atoms with Gasteiger partial charge in [-0.3, -0.25) is 9.59 Å². The maximum atomic E-state index is 12.6. The number of amides is 2. The van der Waals surface area contributed by atoms with E-state index in [0.717, 1.165) is 36.1 Å². The van der Waals surface area contributed by atoms with Crippen molar-refractivity contribution in [2.24, 2.45) is 0 Å². The summed E-state index contributed by atoms with van der Waals surface area (Å²) in [6, 6.07) is 7.70. The van der Waals surface area contributed by atoms with Crippen LogP contribution in [0.2, 0.25) is 0 Å². The predicted octanol–water partition coefficient (Wildman–Crippen LogP) is 1.87. The SMILES string of the molecule is O=C(NCCN1CCCC1)C1CCC(=O)N1Cc1c[nH]c2ccccc12. The molecule has 2 aliphatic heterocycles. The molecule has 0 bridgehead atoms. The molecular weight excluding hydrogens is 328 g/mol. The van der Waals surface area contributed by atoms with Gasteiger partial charge in [-0.05, 0) is 44.0 Å². The zero-order valence-corrected chi connectivity index (χ0v) is 15.0. The summed E-state index contributed by atoms with van der Waals surface area (Å²) in [6.45, 7) is 4.29. The van der Waals surface area contributed by atoms with E-state index in [0.29, 0.717) is 25.9 Å². The third-order valence-electron chi connectivity index (χ3n) is 5.57. The Morgan fingerprint density at radius 1 is 1.23 bits per heavy atom. The minimum absolute atomic E-state index is 0.0186. The van der Waals surface area contributed by atoms with Crippen LogP contribution in [0.15, 0.2) is 30.5 Å². The number of carbonyl (C=O) groups is 2. The van der Waals surface area contributed by atoms with E-state index in [1.807, 2.05) is 30.5 Å². The first-order valence-electron chi connectivity index (χ1n) is 9.57. The van der Waals surface area contributed by atoms with Gasteiger partial charge < -0.3 is 20.1 Å². The van der Waals surface area contributed by atoms with Gasteiger partial charge in [0.1, 0.15) is 6.04 Å². The van der Waals surface area contributed by atoms with E-state index in [1.165, 1.54) is 12.8 Å². The Morgan fingerprint density at radius 3 is 2.88 bits per heavy atom. The first-order chi connectivity index (χ1) is 12.7. The fraction of sp³-hybridized carbons (Fsp3) is 0.500. The first-order valence-corrected chi connectivity index (χ1v) is 9.57. The third-order valence-corrected chi connectivity index (χ3v) is 5.57. The fourth-order valence-electron chi connectivity index (χ4n) is 4.11. The number of likely N-dealkylation sites (tertiary alicyclic amines) is 2. The molecule has 1 atom stereocenters. The van der Waals surface area contributed by atoms with E-state index >= 15 is 0 Å². The number of aromatic nitrogens is 1. The molecule has 138 valence electrons. The Bertz CT molecular complexity index is 794. The number of rotatable bonds is 6. The molecule has 0 spiro atoms. The molecule has 2 saturated heterocycles. The van der Waals surface area contributed by atoms with Gasteiger partial charge in [0.2, 0.25) is 11.8 Å². The van der Waals surface area contributed by atoms with E-state index in [4.69, 9.17) is 0 Å². The van der Waals surface area contributed by atoms with E-state index < -0.39 is 0 Å². The standard InChI is InChI=1S/C20H26N4O2/c25-19-8-7-18(20(26)21-9-12-23-10-3-4-11-23)24(19)14-15-13-22-17-6-2-1-5-16(15)17/h1-2,5-6,13,18,22H,3-4,7-12,14H2,(H,21,26). The summed E-state index contributed by atoms with van der Waals surface area (Å²) >= 11 is 0. The van der Waals surface area contributed by atoms with Crippen molar-refractivity contribution in [2.75, 3.05) is 26.2 Å². The molecular formula is C20H26N4O2. The molecule has 2 fully saturated rings. The molecule has 26 heavy (non-hydrogen) atoms. The van der Waals surface area contributed by atoms with Crippen molar-refractivity contribution in [3.8, 4) is 0 Å². The number of aromatic amines is 1. The van der Waals surface area contributed by atoms with Crippen molar-refractivity contribution in [3.05, 3.63) is 36.0 Å². The monoisotopic (exact) mass is 354 g/mol. The molecule has 6 heteroatoms. The van der Waals surface area contributed by atoms with Gasteiger partial charge in [-0.25, -0.2) is 0 Å². The van der Waals surface area contributed by atoms with Crippen LogP contribution >= 0.6 is 0 Å². The lowest BCUT2D eigenvalue weighted by molar-refractivity contribution is -0.135. The summed E-state index contributed by atoms with van der Waals surface area (Å²) in [5.41, 5.74) is 2.12. The second-order valence-electron chi connectivity index (χ2n) is 7.28. The number of benzene rings is 1. The lowest BCUT2D eigenvalue weighted by Crippen LogP contribution is -2.46. The minimum Gasteiger partial charge on any atom is -0.361 e. The molecule has 1 unspecified atom stereocenters. The van der Waals surface area contributed by atoms with Crippen LogP contribution < -0.4 is 5.32 Å². The van der Waals surface area contributed by atoms with Crippen LogP contribution in [0.3, 0.4) is 0 Å². The van der Waals surface area contributed by atoms with Crippen molar-refractivity contribution in [1.29, 1.82) is 0 Å². The zero-order valence-electron chi connectivity index (χ0n) is 15.0. The van der Waals surface area contributed by atoms with Gasteiger partial charge in [0.15, 0.2) is 0 Å². The van der Waals surface area contributed by atoms with Crippen molar-refractivity contribution in [3.63, 3.8) is 0 Å². The highest BCUT2D eigenvalue weighted by Gasteiger charge is 2.36. The normalized spacial score (nSPS) is 21.0. The molecule has 3 heterocycles. The Morgan fingerprint density at radius 2 is 2.04 bits per heavy atom. The van der Waals surface area contributed by atoms with E-state index in [-0.39, 0.29) is 17.9 Å². The van der Waals surface area contributed by atoms with Crippen molar-refractivity contribution in [2.45, 2.75) is 38.3 Å². The number of hydrogen-bond donors (Lipinski definition) is 2. The topological polar surface area (TPSA) is 68.4 Å². The molecule has 0 saturated carbocycles. The van der Waals surface area contributed by atoms with E-state index in [2.05, 4.69) is 15.2 Å². The lowest BCUT2D eigenvalue weighted by atomic mass is 10.1. The third kappa shape index (κ3) is 3.46. The summed E-state index contributed by atoms with van der Waals surface area (Å²) in [5, 5.41) is 4.15. The van der Waals surface area contributed by atoms with Crippen LogP contribution in [0.25, 0.3) is 10.9 Å². The Kier molecular flexibility index (Phi) is 4.93. The van der Waals surface area contributed by atoms with Crippen molar-refractivity contribution >= 4 is 22.7 Å². The second kappa shape index (κ2) is 7.50. The molecule has 6 nitrogen and oxygen atoms in total. The number of nitrogens with zero attached hydrogens (tertiary/aromatic N) is 2. The van der Waals surface area contributed by atoms with Gasteiger partial charge in [-0.1, -0.05) is 18.2 Å². The number of fused-ring (bicyclic) bond motifs is 1. The van der Waals surface area contributed by atoms with Crippen molar-refractivity contribution in [1.82, 2.24) is 20.1 Å². The van der Waals surface area contributed by atoms with Gasteiger partial charge in [0.05, 0.1) is 0 Å². The molecule has 2 N–H and O–H groups in total. The highest BCUT2D eigenvalue weighted by atomic mass is 16.2. The maximum Gasteiger partial charge on any atom is 0.242 e. The van der Waals surface area contributed by atoms with Crippen LogP contribution in [0.4, 0.5) is 0 Å². The number of carbonyl (C=O) groups excluding carboxylic acids is 2. The average Bonchev–Trinajstić information content (AvgIpc) is 3.37. The summed E-state index contributed by atoms with van der Waals surface area (Å²) in [4.78, 5) is 32.4. The number of para-hydroxylation sites is 1. The van der Waals surface area contributed by atoms with Crippen LogP contribution in [0.1, 0.15) is 31.2 Å². The molecule has 2 amide bonds. The van der Waals surface area contributed by atoms with Crippen LogP contribution in [-0.2, 0) is 16.1 Å². The van der Waals surface area contributed by atoms with Crippen LogP contribution in [-0.4, -0.2) is 58.8 Å². The van der Waals surface area contributed by atoms with Crippen LogP contribution in [0, 0.1) is 0 Å².